The average Bonchev–Trinajstić information content (AvgIpc) is 3.08. The molecular formula is C37H42N2O6. The van der Waals surface area contributed by atoms with Crippen molar-refractivity contribution in [2.75, 3.05) is 13.2 Å². The van der Waals surface area contributed by atoms with Crippen LogP contribution in [0.3, 0.4) is 0 Å². The van der Waals surface area contributed by atoms with E-state index in [1.54, 1.807) is 4.90 Å². The summed E-state index contributed by atoms with van der Waals surface area (Å²) in [6.45, 7) is 0.779. The highest BCUT2D eigenvalue weighted by molar-refractivity contribution is 5.86. The van der Waals surface area contributed by atoms with Crippen molar-refractivity contribution in [2.45, 2.75) is 70.2 Å². The fraction of sp³-hybridized carbons (Fsp3) is 0.378. The monoisotopic (exact) mass is 610 g/mol. The summed E-state index contributed by atoms with van der Waals surface area (Å²) in [4.78, 5) is 41.4. The quantitative estimate of drug-likeness (QED) is 0.277. The second-order valence-corrected chi connectivity index (χ2v) is 11.8. The zero-order valence-corrected chi connectivity index (χ0v) is 25.6. The molecule has 3 atom stereocenters. The minimum absolute atomic E-state index is 0.0226. The number of benzene rings is 3. The summed E-state index contributed by atoms with van der Waals surface area (Å²) in [6, 6.07) is 24.8. The number of nitrogens with zero attached hydrogens (tertiary/aromatic N) is 1. The molecule has 5 rings (SSSR count). The Labute approximate surface area is 265 Å². The molecule has 2 N–H and O–H groups in total. The van der Waals surface area contributed by atoms with Gasteiger partial charge in [0.05, 0.1) is 24.6 Å². The first-order valence-corrected chi connectivity index (χ1v) is 15.8. The number of rotatable bonds is 8. The predicted octanol–water partition coefficient (Wildman–Crippen LogP) is 4.92. The van der Waals surface area contributed by atoms with Gasteiger partial charge in [0, 0.05) is 19.4 Å². The van der Waals surface area contributed by atoms with Crippen LogP contribution >= 0.6 is 0 Å². The van der Waals surface area contributed by atoms with Gasteiger partial charge < -0.3 is 24.8 Å². The van der Waals surface area contributed by atoms with Gasteiger partial charge in [-0.2, -0.15) is 0 Å². The van der Waals surface area contributed by atoms with Gasteiger partial charge in [-0.05, 0) is 66.5 Å². The Hall–Kier alpha value is -4.43. The Morgan fingerprint density at radius 1 is 0.933 bits per heavy atom. The van der Waals surface area contributed by atoms with Crippen molar-refractivity contribution in [1.82, 2.24) is 10.2 Å². The number of aliphatic hydroxyl groups excluding tert-OH is 1. The van der Waals surface area contributed by atoms with Gasteiger partial charge in [0.15, 0.2) is 0 Å². The number of nitrogens with one attached hydrogen (secondary N) is 1. The van der Waals surface area contributed by atoms with E-state index < -0.39 is 12.0 Å². The Kier molecular flexibility index (Phi) is 11.4. The standard InChI is InChI=1S/C37H42N2O6/c40-24-33-21-29-12-8-9-14-31(29)23-39(33)35(41)22-30-13-6-1-2-7-15-36(42)45-26-32(38-37(30)43)20-27-16-18-34(19-17-27)44-25-28-10-4-3-5-11-28/h1,3-6,8-12,14,16-19,30,32-33,40H,2,7,13,15,20-26H2,(H,38,43). The van der Waals surface area contributed by atoms with Crippen molar-refractivity contribution < 1.29 is 29.0 Å². The number of esters is 1. The highest BCUT2D eigenvalue weighted by Gasteiger charge is 2.32. The SMILES string of the molecule is O=C1CCCC=CCC(CC(=O)N2Cc3ccccc3CC2CO)C(=O)NC(Cc2ccc(OCc3ccccc3)cc2)CO1. The Balaban J connectivity index is 1.26. The third-order valence-corrected chi connectivity index (χ3v) is 8.46. The van der Waals surface area contributed by atoms with Crippen molar-refractivity contribution in [3.05, 3.63) is 113 Å². The van der Waals surface area contributed by atoms with E-state index in [1.807, 2.05) is 91.0 Å². The molecule has 8 heteroatoms. The molecule has 3 aromatic rings. The van der Waals surface area contributed by atoms with Crippen LogP contribution in [0, 0.1) is 5.92 Å². The number of aliphatic hydroxyl groups is 1. The van der Waals surface area contributed by atoms with E-state index in [4.69, 9.17) is 9.47 Å². The van der Waals surface area contributed by atoms with E-state index in [-0.39, 0.29) is 43.5 Å². The Morgan fingerprint density at radius 3 is 2.47 bits per heavy atom. The molecule has 0 aromatic heterocycles. The number of amides is 2. The number of allylic oxidation sites excluding steroid dienone is 2. The first-order chi connectivity index (χ1) is 22.0. The van der Waals surface area contributed by atoms with Crippen molar-refractivity contribution in [2.24, 2.45) is 5.92 Å². The van der Waals surface area contributed by atoms with Crippen LogP contribution in [0.4, 0.5) is 0 Å². The van der Waals surface area contributed by atoms with E-state index in [9.17, 15) is 19.5 Å². The molecular weight excluding hydrogens is 568 g/mol. The summed E-state index contributed by atoms with van der Waals surface area (Å²) in [5.41, 5.74) is 4.23. The van der Waals surface area contributed by atoms with Crippen LogP contribution in [-0.2, 0) is 45.1 Å². The van der Waals surface area contributed by atoms with Gasteiger partial charge in [-0.3, -0.25) is 14.4 Å². The van der Waals surface area contributed by atoms with Crippen LogP contribution < -0.4 is 10.1 Å². The summed E-state index contributed by atoms with van der Waals surface area (Å²) in [7, 11) is 0. The van der Waals surface area contributed by atoms with Crippen LogP contribution in [0.1, 0.15) is 54.4 Å². The van der Waals surface area contributed by atoms with E-state index in [2.05, 4.69) is 5.32 Å². The molecule has 236 valence electrons. The fourth-order valence-electron chi connectivity index (χ4n) is 5.88. The second-order valence-electron chi connectivity index (χ2n) is 11.8. The number of ether oxygens (including phenoxy) is 2. The van der Waals surface area contributed by atoms with E-state index in [1.165, 1.54) is 0 Å². The molecule has 0 fully saturated rings. The third kappa shape index (κ3) is 9.28. The van der Waals surface area contributed by atoms with Crippen molar-refractivity contribution in [3.63, 3.8) is 0 Å². The number of hydrogen-bond acceptors (Lipinski definition) is 6. The molecule has 0 radical (unpaired) electrons. The van der Waals surface area contributed by atoms with Crippen molar-refractivity contribution in [3.8, 4) is 5.75 Å². The van der Waals surface area contributed by atoms with Gasteiger partial charge in [-0.15, -0.1) is 0 Å². The smallest absolute Gasteiger partial charge is 0.305 e. The third-order valence-electron chi connectivity index (χ3n) is 8.46. The maximum Gasteiger partial charge on any atom is 0.305 e. The molecule has 0 spiro atoms. The van der Waals surface area contributed by atoms with Crippen LogP contribution in [0.15, 0.2) is 91.0 Å². The van der Waals surface area contributed by atoms with Gasteiger partial charge in [-0.25, -0.2) is 0 Å². The lowest BCUT2D eigenvalue weighted by atomic mass is 9.92. The van der Waals surface area contributed by atoms with Gasteiger partial charge in [0.1, 0.15) is 19.0 Å². The van der Waals surface area contributed by atoms with Crippen molar-refractivity contribution in [1.29, 1.82) is 0 Å². The number of carbonyl (C=O) groups is 3. The highest BCUT2D eigenvalue weighted by atomic mass is 16.5. The zero-order chi connectivity index (χ0) is 31.4. The zero-order valence-electron chi connectivity index (χ0n) is 25.6. The summed E-state index contributed by atoms with van der Waals surface area (Å²) in [6.07, 6.45) is 6.99. The summed E-state index contributed by atoms with van der Waals surface area (Å²) in [5.74, 6) is -0.568. The molecule has 2 amide bonds. The largest absolute Gasteiger partial charge is 0.489 e. The molecule has 0 saturated carbocycles. The number of carbonyl (C=O) groups excluding carboxylic acids is 3. The predicted molar refractivity (Wildman–Crippen MR) is 171 cm³/mol. The van der Waals surface area contributed by atoms with Crippen LogP contribution in [-0.4, -0.2) is 53.1 Å². The summed E-state index contributed by atoms with van der Waals surface area (Å²) >= 11 is 0. The van der Waals surface area contributed by atoms with Crippen LogP contribution in [0.25, 0.3) is 0 Å². The van der Waals surface area contributed by atoms with E-state index in [0.717, 1.165) is 28.0 Å². The molecule has 2 aliphatic heterocycles. The summed E-state index contributed by atoms with van der Waals surface area (Å²) < 4.78 is 11.5. The molecule has 0 bridgehead atoms. The molecule has 2 heterocycles. The summed E-state index contributed by atoms with van der Waals surface area (Å²) in [5, 5.41) is 13.2. The molecule has 0 aliphatic carbocycles. The molecule has 8 nitrogen and oxygen atoms in total. The lowest BCUT2D eigenvalue weighted by molar-refractivity contribution is -0.145. The minimum atomic E-state index is -0.599. The highest BCUT2D eigenvalue weighted by Crippen LogP contribution is 2.26. The topological polar surface area (TPSA) is 105 Å². The van der Waals surface area contributed by atoms with Gasteiger partial charge in [0.25, 0.3) is 0 Å². The van der Waals surface area contributed by atoms with Crippen LogP contribution in [0.5, 0.6) is 5.75 Å². The van der Waals surface area contributed by atoms with Gasteiger partial charge in [-0.1, -0.05) is 78.9 Å². The second kappa shape index (κ2) is 16.0. The maximum atomic E-state index is 13.7. The number of hydrogen-bond donors (Lipinski definition) is 2. The van der Waals surface area contributed by atoms with Crippen molar-refractivity contribution >= 4 is 17.8 Å². The van der Waals surface area contributed by atoms with E-state index >= 15 is 0 Å². The van der Waals surface area contributed by atoms with Crippen LogP contribution in [0.2, 0.25) is 0 Å². The molecule has 3 unspecified atom stereocenters. The number of cyclic esters (lactones) is 1. The normalized spacial score (nSPS) is 20.9. The minimum Gasteiger partial charge on any atom is -0.489 e. The molecule has 3 aromatic carbocycles. The lowest BCUT2D eigenvalue weighted by Crippen LogP contribution is -2.48. The first-order valence-electron chi connectivity index (χ1n) is 15.8. The maximum absolute atomic E-state index is 13.7. The number of fused-ring (bicyclic) bond motifs is 1. The lowest BCUT2D eigenvalue weighted by Gasteiger charge is -2.36. The molecule has 0 saturated heterocycles. The van der Waals surface area contributed by atoms with E-state index in [0.29, 0.717) is 51.7 Å². The Bertz CT molecular complexity index is 1460. The van der Waals surface area contributed by atoms with Gasteiger partial charge >= 0.3 is 5.97 Å². The average molecular weight is 611 g/mol. The molecule has 2 aliphatic rings. The molecule has 45 heavy (non-hydrogen) atoms. The Morgan fingerprint density at radius 2 is 1.69 bits per heavy atom. The first kappa shape index (κ1) is 32.0. The fourth-order valence-corrected chi connectivity index (χ4v) is 5.88. The van der Waals surface area contributed by atoms with Gasteiger partial charge in [0.2, 0.25) is 11.8 Å².